The maximum absolute atomic E-state index is 5.86. The van der Waals surface area contributed by atoms with Crippen LogP contribution in [0.3, 0.4) is 0 Å². The summed E-state index contributed by atoms with van der Waals surface area (Å²) in [6.07, 6.45) is 8.93. The van der Waals surface area contributed by atoms with Gasteiger partial charge in [0, 0.05) is 12.6 Å². The molecule has 3 N–H and O–H groups in total. The molecule has 1 aromatic carbocycles. The lowest BCUT2D eigenvalue weighted by atomic mass is 9.97. The van der Waals surface area contributed by atoms with E-state index in [0.29, 0.717) is 12.2 Å². The third-order valence-corrected chi connectivity index (χ3v) is 4.34. The Kier molecular flexibility index (Phi) is 5.12. The first-order valence-corrected chi connectivity index (χ1v) is 8.19. The zero-order valence-electron chi connectivity index (χ0n) is 12.6. The van der Waals surface area contributed by atoms with Gasteiger partial charge < -0.3 is 9.47 Å². The van der Waals surface area contributed by atoms with Gasteiger partial charge in [0.1, 0.15) is 5.75 Å². The quantitative estimate of drug-likeness (QED) is 0.598. The molecule has 1 saturated heterocycles. The number of nitrogens with one attached hydrogen (secondary N) is 1. The molecule has 21 heavy (non-hydrogen) atoms. The third-order valence-electron chi connectivity index (χ3n) is 4.34. The second kappa shape index (κ2) is 7.25. The molecule has 0 amide bonds. The van der Waals surface area contributed by atoms with Crippen molar-refractivity contribution in [3.05, 3.63) is 29.8 Å². The Labute approximate surface area is 127 Å². The molecular weight excluding hydrogens is 264 g/mol. The standard InChI is InChI=1S/C17H26N2O2/c18-19-17(10-9-14-5-1-2-11-20-14)13-4-3-6-16(12-13)21-15-7-8-15/h3-4,6,12,14-15,17,19H,1-2,5,7-11,18H2. The molecule has 2 aliphatic rings. The summed E-state index contributed by atoms with van der Waals surface area (Å²) in [5.74, 6) is 6.71. The number of benzene rings is 1. The number of hydrogen-bond donors (Lipinski definition) is 2. The van der Waals surface area contributed by atoms with Crippen LogP contribution in [0.2, 0.25) is 0 Å². The van der Waals surface area contributed by atoms with Crippen molar-refractivity contribution in [2.24, 2.45) is 5.84 Å². The predicted molar refractivity (Wildman–Crippen MR) is 83.0 cm³/mol. The van der Waals surface area contributed by atoms with Gasteiger partial charge in [-0.05, 0) is 62.6 Å². The van der Waals surface area contributed by atoms with Crippen LogP contribution in [-0.2, 0) is 4.74 Å². The van der Waals surface area contributed by atoms with E-state index in [-0.39, 0.29) is 6.04 Å². The van der Waals surface area contributed by atoms with Crippen molar-refractivity contribution >= 4 is 0 Å². The molecule has 0 spiro atoms. The van der Waals surface area contributed by atoms with Gasteiger partial charge in [0.25, 0.3) is 0 Å². The zero-order chi connectivity index (χ0) is 14.5. The summed E-state index contributed by atoms with van der Waals surface area (Å²) in [5, 5.41) is 0. The molecule has 0 radical (unpaired) electrons. The van der Waals surface area contributed by atoms with Crippen molar-refractivity contribution in [3.63, 3.8) is 0 Å². The lowest BCUT2D eigenvalue weighted by molar-refractivity contribution is 0.00854. The summed E-state index contributed by atoms with van der Waals surface area (Å²) in [7, 11) is 0. The first-order valence-electron chi connectivity index (χ1n) is 8.19. The highest BCUT2D eigenvalue weighted by Gasteiger charge is 2.24. The Hall–Kier alpha value is -1.10. The van der Waals surface area contributed by atoms with Crippen LogP contribution < -0.4 is 16.0 Å². The molecule has 1 aliphatic carbocycles. The average Bonchev–Trinajstić information content (AvgIpc) is 3.33. The molecule has 2 atom stereocenters. The van der Waals surface area contributed by atoms with Crippen LogP contribution in [0.15, 0.2) is 24.3 Å². The van der Waals surface area contributed by atoms with Crippen LogP contribution in [0.1, 0.15) is 56.6 Å². The van der Waals surface area contributed by atoms with E-state index in [9.17, 15) is 0 Å². The summed E-state index contributed by atoms with van der Waals surface area (Å²) in [5.41, 5.74) is 4.14. The van der Waals surface area contributed by atoms with Crippen LogP contribution >= 0.6 is 0 Å². The monoisotopic (exact) mass is 290 g/mol. The highest BCUT2D eigenvalue weighted by molar-refractivity contribution is 5.31. The van der Waals surface area contributed by atoms with E-state index >= 15 is 0 Å². The van der Waals surface area contributed by atoms with Crippen molar-refractivity contribution in [3.8, 4) is 5.75 Å². The van der Waals surface area contributed by atoms with E-state index in [0.717, 1.165) is 25.2 Å². The Morgan fingerprint density at radius 3 is 2.90 bits per heavy atom. The Morgan fingerprint density at radius 1 is 1.29 bits per heavy atom. The van der Waals surface area contributed by atoms with E-state index in [1.54, 1.807) is 0 Å². The zero-order valence-corrected chi connectivity index (χ0v) is 12.6. The summed E-state index contributed by atoms with van der Waals surface area (Å²) in [4.78, 5) is 0. The van der Waals surface area contributed by atoms with E-state index < -0.39 is 0 Å². The second-order valence-electron chi connectivity index (χ2n) is 6.17. The van der Waals surface area contributed by atoms with Crippen LogP contribution in [0.25, 0.3) is 0 Å². The molecule has 0 aromatic heterocycles. The minimum absolute atomic E-state index is 0.165. The van der Waals surface area contributed by atoms with Crippen molar-refractivity contribution in [1.82, 2.24) is 5.43 Å². The first kappa shape index (κ1) is 14.8. The average molecular weight is 290 g/mol. The smallest absolute Gasteiger partial charge is 0.120 e. The largest absolute Gasteiger partial charge is 0.490 e. The Balaban J connectivity index is 1.56. The van der Waals surface area contributed by atoms with Gasteiger partial charge in [-0.15, -0.1) is 0 Å². The van der Waals surface area contributed by atoms with Crippen LogP contribution in [0.4, 0.5) is 0 Å². The summed E-state index contributed by atoms with van der Waals surface area (Å²) in [6, 6.07) is 8.48. The van der Waals surface area contributed by atoms with Crippen molar-refractivity contribution in [1.29, 1.82) is 0 Å². The van der Waals surface area contributed by atoms with Gasteiger partial charge in [-0.1, -0.05) is 12.1 Å². The molecule has 4 nitrogen and oxygen atoms in total. The van der Waals surface area contributed by atoms with Gasteiger partial charge >= 0.3 is 0 Å². The summed E-state index contributed by atoms with van der Waals surface area (Å²) < 4.78 is 11.7. The van der Waals surface area contributed by atoms with Crippen LogP contribution in [0, 0.1) is 0 Å². The lowest BCUT2D eigenvalue weighted by Gasteiger charge is -2.25. The molecule has 116 valence electrons. The molecule has 1 heterocycles. The van der Waals surface area contributed by atoms with Gasteiger partial charge in [0.2, 0.25) is 0 Å². The minimum atomic E-state index is 0.165. The Morgan fingerprint density at radius 2 is 2.19 bits per heavy atom. The maximum atomic E-state index is 5.86. The number of ether oxygens (including phenoxy) is 2. The number of hydrogen-bond acceptors (Lipinski definition) is 4. The van der Waals surface area contributed by atoms with E-state index in [1.807, 2.05) is 6.07 Å². The fourth-order valence-electron chi connectivity index (χ4n) is 2.92. The topological polar surface area (TPSA) is 56.5 Å². The predicted octanol–water partition coefficient (Wildman–Crippen LogP) is 3.08. The number of hydrazine groups is 1. The van der Waals surface area contributed by atoms with Crippen molar-refractivity contribution in [2.75, 3.05) is 6.61 Å². The normalized spacial score (nSPS) is 23.8. The lowest BCUT2D eigenvalue weighted by Crippen LogP contribution is -2.29. The van der Waals surface area contributed by atoms with Crippen LogP contribution in [0.5, 0.6) is 5.75 Å². The van der Waals surface area contributed by atoms with E-state index in [2.05, 4.69) is 23.6 Å². The molecule has 3 rings (SSSR count). The van der Waals surface area contributed by atoms with Gasteiger partial charge in [-0.3, -0.25) is 11.3 Å². The first-order chi connectivity index (χ1) is 10.3. The van der Waals surface area contributed by atoms with Gasteiger partial charge in [-0.2, -0.15) is 0 Å². The Bertz CT molecular complexity index is 442. The van der Waals surface area contributed by atoms with Crippen molar-refractivity contribution in [2.45, 2.75) is 63.2 Å². The fraction of sp³-hybridized carbons (Fsp3) is 0.647. The third kappa shape index (κ3) is 4.43. The van der Waals surface area contributed by atoms with E-state index in [4.69, 9.17) is 15.3 Å². The van der Waals surface area contributed by atoms with Gasteiger partial charge in [0.05, 0.1) is 12.2 Å². The highest BCUT2D eigenvalue weighted by Crippen LogP contribution is 2.29. The molecule has 2 fully saturated rings. The fourth-order valence-corrected chi connectivity index (χ4v) is 2.92. The maximum Gasteiger partial charge on any atom is 0.120 e. The highest BCUT2D eigenvalue weighted by atomic mass is 16.5. The number of rotatable bonds is 7. The molecule has 1 aliphatic heterocycles. The molecule has 1 aromatic rings. The molecular formula is C17H26N2O2. The van der Waals surface area contributed by atoms with Gasteiger partial charge in [-0.25, -0.2) is 0 Å². The molecule has 4 heteroatoms. The summed E-state index contributed by atoms with van der Waals surface area (Å²) >= 11 is 0. The van der Waals surface area contributed by atoms with Crippen molar-refractivity contribution < 1.29 is 9.47 Å². The molecule has 2 unspecified atom stereocenters. The summed E-state index contributed by atoms with van der Waals surface area (Å²) in [6.45, 7) is 0.913. The number of nitrogens with two attached hydrogens (primary N) is 1. The SMILES string of the molecule is NNC(CCC1CCCCO1)c1cccc(OC2CC2)c1. The van der Waals surface area contributed by atoms with E-state index in [1.165, 1.54) is 37.7 Å². The van der Waals surface area contributed by atoms with Gasteiger partial charge in [0.15, 0.2) is 0 Å². The molecule has 1 saturated carbocycles. The molecule has 0 bridgehead atoms. The minimum Gasteiger partial charge on any atom is -0.490 e. The van der Waals surface area contributed by atoms with Crippen LogP contribution in [-0.4, -0.2) is 18.8 Å². The second-order valence-corrected chi connectivity index (χ2v) is 6.17.